The Morgan fingerprint density at radius 1 is 1.13 bits per heavy atom. The van der Waals surface area contributed by atoms with Crippen LogP contribution in [-0.4, -0.2) is 62.7 Å². The summed E-state index contributed by atoms with van der Waals surface area (Å²) in [4.78, 5) is 5.01. The Kier molecular flexibility index (Phi) is 4.42. The minimum absolute atomic E-state index is 1.02. The molecule has 2 aliphatic rings. The van der Waals surface area contributed by atoms with E-state index in [4.69, 9.17) is 0 Å². The molecular formula is C12H25N3. The standard InChI is InChI=1S/C12H25N3/c1-14-7-9-15(10-8-14)6-2-5-13-11-12-3-4-12/h12-13H,2-11H2,1H3. The summed E-state index contributed by atoms with van der Waals surface area (Å²) in [5, 5.41) is 3.56. The fourth-order valence-corrected chi connectivity index (χ4v) is 2.13. The van der Waals surface area contributed by atoms with Crippen LogP contribution in [0.25, 0.3) is 0 Å². The van der Waals surface area contributed by atoms with E-state index in [2.05, 4.69) is 22.2 Å². The first-order chi connectivity index (χ1) is 7.34. The molecule has 0 bridgehead atoms. The van der Waals surface area contributed by atoms with Gasteiger partial charge in [-0.2, -0.15) is 0 Å². The molecule has 1 saturated carbocycles. The van der Waals surface area contributed by atoms with Gasteiger partial charge in [0.2, 0.25) is 0 Å². The highest BCUT2D eigenvalue weighted by molar-refractivity contribution is 4.75. The van der Waals surface area contributed by atoms with Gasteiger partial charge in [0.25, 0.3) is 0 Å². The summed E-state index contributed by atoms with van der Waals surface area (Å²) in [6, 6.07) is 0. The maximum absolute atomic E-state index is 3.56. The molecule has 2 rings (SSSR count). The summed E-state index contributed by atoms with van der Waals surface area (Å²) >= 11 is 0. The van der Waals surface area contributed by atoms with Crippen molar-refractivity contribution in [1.29, 1.82) is 0 Å². The number of likely N-dealkylation sites (N-methyl/N-ethyl adjacent to an activating group) is 1. The average Bonchev–Trinajstić information content (AvgIpc) is 3.04. The third kappa shape index (κ3) is 4.49. The third-order valence-electron chi connectivity index (χ3n) is 3.55. The molecule has 1 aliphatic heterocycles. The summed E-state index contributed by atoms with van der Waals surface area (Å²) in [5.74, 6) is 1.02. The zero-order chi connectivity index (χ0) is 10.5. The van der Waals surface area contributed by atoms with Crippen molar-refractivity contribution in [3.8, 4) is 0 Å². The molecule has 1 aliphatic carbocycles. The first kappa shape index (κ1) is 11.4. The van der Waals surface area contributed by atoms with Crippen molar-refractivity contribution in [2.24, 2.45) is 5.92 Å². The summed E-state index contributed by atoms with van der Waals surface area (Å²) in [5.41, 5.74) is 0. The third-order valence-corrected chi connectivity index (χ3v) is 3.55. The van der Waals surface area contributed by atoms with Crippen LogP contribution in [0.4, 0.5) is 0 Å². The maximum Gasteiger partial charge on any atom is 0.0110 e. The number of nitrogens with zero attached hydrogens (tertiary/aromatic N) is 2. The van der Waals surface area contributed by atoms with Gasteiger partial charge in [0.1, 0.15) is 0 Å². The first-order valence-electron chi connectivity index (χ1n) is 6.46. The molecule has 0 aromatic carbocycles. The second kappa shape index (κ2) is 5.83. The Morgan fingerprint density at radius 2 is 1.87 bits per heavy atom. The maximum atomic E-state index is 3.56. The lowest BCUT2D eigenvalue weighted by Gasteiger charge is -2.32. The Balaban J connectivity index is 1.43. The summed E-state index contributed by atoms with van der Waals surface area (Å²) < 4.78 is 0. The van der Waals surface area contributed by atoms with Gasteiger partial charge in [0.05, 0.1) is 0 Å². The van der Waals surface area contributed by atoms with Crippen molar-refractivity contribution in [2.75, 3.05) is 52.9 Å². The Labute approximate surface area is 93.8 Å². The van der Waals surface area contributed by atoms with E-state index in [0.29, 0.717) is 0 Å². The lowest BCUT2D eigenvalue weighted by Crippen LogP contribution is -2.45. The molecule has 3 nitrogen and oxygen atoms in total. The van der Waals surface area contributed by atoms with E-state index in [1.54, 1.807) is 0 Å². The van der Waals surface area contributed by atoms with Crippen LogP contribution in [0.15, 0.2) is 0 Å². The normalized spacial score (nSPS) is 24.6. The van der Waals surface area contributed by atoms with E-state index in [1.165, 1.54) is 65.1 Å². The molecule has 15 heavy (non-hydrogen) atoms. The molecule has 0 unspecified atom stereocenters. The highest BCUT2D eigenvalue weighted by Gasteiger charge is 2.20. The predicted octanol–water partition coefficient (Wildman–Crippen LogP) is 0.623. The quantitative estimate of drug-likeness (QED) is 0.650. The van der Waals surface area contributed by atoms with Gasteiger partial charge in [0, 0.05) is 26.2 Å². The van der Waals surface area contributed by atoms with Crippen LogP contribution in [0.5, 0.6) is 0 Å². The van der Waals surface area contributed by atoms with Gasteiger partial charge in [-0.05, 0) is 51.9 Å². The van der Waals surface area contributed by atoms with E-state index >= 15 is 0 Å². The van der Waals surface area contributed by atoms with Crippen LogP contribution in [0.3, 0.4) is 0 Å². The van der Waals surface area contributed by atoms with Crippen LogP contribution < -0.4 is 5.32 Å². The number of rotatable bonds is 6. The van der Waals surface area contributed by atoms with Crippen molar-refractivity contribution in [3.05, 3.63) is 0 Å². The van der Waals surface area contributed by atoms with Crippen LogP contribution >= 0.6 is 0 Å². The summed E-state index contributed by atoms with van der Waals surface area (Å²) in [7, 11) is 2.22. The average molecular weight is 211 g/mol. The number of hydrogen-bond acceptors (Lipinski definition) is 3. The molecule has 0 aromatic heterocycles. The minimum atomic E-state index is 1.02. The van der Waals surface area contributed by atoms with Crippen LogP contribution in [0.2, 0.25) is 0 Å². The molecule has 88 valence electrons. The topological polar surface area (TPSA) is 18.5 Å². The molecular weight excluding hydrogens is 186 g/mol. The van der Waals surface area contributed by atoms with Gasteiger partial charge in [-0.3, -0.25) is 0 Å². The Bertz CT molecular complexity index is 172. The van der Waals surface area contributed by atoms with Gasteiger partial charge >= 0.3 is 0 Å². The van der Waals surface area contributed by atoms with Crippen LogP contribution in [0, 0.1) is 5.92 Å². The highest BCUT2D eigenvalue weighted by Crippen LogP contribution is 2.27. The van der Waals surface area contributed by atoms with Gasteiger partial charge < -0.3 is 15.1 Å². The van der Waals surface area contributed by atoms with Crippen molar-refractivity contribution < 1.29 is 0 Å². The smallest absolute Gasteiger partial charge is 0.0110 e. The Hall–Kier alpha value is -0.120. The largest absolute Gasteiger partial charge is 0.316 e. The zero-order valence-electron chi connectivity index (χ0n) is 10.0. The van der Waals surface area contributed by atoms with Gasteiger partial charge in [-0.1, -0.05) is 0 Å². The molecule has 0 amide bonds. The lowest BCUT2D eigenvalue weighted by molar-refractivity contribution is 0.153. The lowest BCUT2D eigenvalue weighted by atomic mass is 10.3. The summed E-state index contributed by atoms with van der Waals surface area (Å²) in [6.07, 6.45) is 4.24. The second-order valence-electron chi connectivity index (χ2n) is 5.15. The van der Waals surface area contributed by atoms with Crippen molar-refractivity contribution in [3.63, 3.8) is 0 Å². The van der Waals surface area contributed by atoms with Crippen molar-refractivity contribution in [2.45, 2.75) is 19.3 Å². The molecule has 3 heteroatoms. The van der Waals surface area contributed by atoms with E-state index in [0.717, 1.165) is 5.92 Å². The minimum Gasteiger partial charge on any atom is -0.316 e. The molecule has 1 N–H and O–H groups in total. The molecule has 2 fully saturated rings. The fraction of sp³-hybridized carbons (Fsp3) is 1.00. The molecule has 1 heterocycles. The van der Waals surface area contributed by atoms with Crippen LogP contribution in [-0.2, 0) is 0 Å². The fourth-order valence-electron chi connectivity index (χ4n) is 2.13. The van der Waals surface area contributed by atoms with Gasteiger partial charge in [-0.25, -0.2) is 0 Å². The number of nitrogens with one attached hydrogen (secondary N) is 1. The second-order valence-corrected chi connectivity index (χ2v) is 5.15. The van der Waals surface area contributed by atoms with Crippen LogP contribution in [0.1, 0.15) is 19.3 Å². The van der Waals surface area contributed by atoms with Crippen molar-refractivity contribution >= 4 is 0 Å². The van der Waals surface area contributed by atoms with Gasteiger partial charge in [-0.15, -0.1) is 0 Å². The predicted molar refractivity (Wildman–Crippen MR) is 64.1 cm³/mol. The molecule has 0 spiro atoms. The van der Waals surface area contributed by atoms with Crippen molar-refractivity contribution in [1.82, 2.24) is 15.1 Å². The van der Waals surface area contributed by atoms with Gasteiger partial charge in [0.15, 0.2) is 0 Å². The molecule has 0 aromatic rings. The van der Waals surface area contributed by atoms with E-state index in [9.17, 15) is 0 Å². The molecule has 1 saturated heterocycles. The van der Waals surface area contributed by atoms with E-state index in [1.807, 2.05) is 0 Å². The summed E-state index contributed by atoms with van der Waals surface area (Å²) in [6.45, 7) is 8.78. The number of hydrogen-bond donors (Lipinski definition) is 1. The first-order valence-corrected chi connectivity index (χ1v) is 6.46. The van der Waals surface area contributed by atoms with E-state index in [-0.39, 0.29) is 0 Å². The molecule has 0 radical (unpaired) electrons. The SMILES string of the molecule is CN1CCN(CCCNCC2CC2)CC1. The zero-order valence-corrected chi connectivity index (χ0v) is 10.0. The molecule has 0 atom stereocenters. The highest BCUT2D eigenvalue weighted by atomic mass is 15.2. The Morgan fingerprint density at radius 3 is 2.53 bits per heavy atom. The number of piperazine rings is 1. The van der Waals surface area contributed by atoms with E-state index < -0.39 is 0 Å². The monoisotopic (exact) mass is 211 g/mol.